The van der Waals surface area contributed by atoms with E-state index in [0.717, 1.165) is 53.3 Å². The van der Waals surface area contributed by atoms with Gasteiger partial charge in [-0.2, -0.15) is 5.10 Å². The number of aryl methyl sites for hydroxylation is 1. The highest BCUT2D eigenvalue weighted by molar-refractivity contribution is 5.98. The van der Waals surface area contributed by atoms with Gasteiger partial charge in [0.25, 0.3) is 5.91 Å². The van der Waals surface area contributed by atoms with Crippen molar-refractivity contribution >= 4 is 23.0 Å². The third-order valence-electron chi connectivity index (χ3n) is 5.32. The zero-order chi connectivity index (χ0) is 18.4. The fourth-order valence-electron chi connectivity index (χ4n) is 3.62. The van der Waals surface area contributed by atoms with E-state index in [1.165, 1.54) is 0 Å². The van der Waals surface area contributed by atoms with Crippen LogP contribution in [-0.2, 0) is 7.05 Å². The molecule has 3 aromatic rings. The summed E-state index contributed by atoms with van der Waals surface area (Å²) >= 11 is 0. The van der Waals surface area contributed by atoms with Crippen molar-refractivity contribution < 1.29 is 4.79 Å². The minimum absolute atomic E-state index is 0.128. The van der Waals surface area contributed by atoms with Crippen molar-refractivity contribution in [2.45, 2.75) is 6.42 Å². The second kappa shape index (κ2) is 6.16. The Kier molecular flexibility index (Phi) is 3.63. The quantitative estimate of drug-likeness (QED) is 0.778. The lowest BCUT2D eigenvalue weighted by molar-refractivity contribution is 0.0652. The summed E-state index contributed by atoms with van der Waals surface area (Å²) < 4.78 is 1.81. The molecule has 1 amide bonds. The van der Waals surface area contributed by atoms with Crippen LogP contribution in [0.1, 0.15) is 16.8 Å². The Labute approximate surface area is 158 Å². The minimum atomic E-state index is 0.128. The van der Waals surface area contributed by atoms with Crippen LogP contribution in [0, 0.1) is 0 Å². The summed E-state index contributed by atoms with van der Waals surface area (Å²) in [4.78, 5) is 16.7. The first kappa shape index (κ1) is 15.9. The van der Waals surface area contributed by atoms with Gasteiger partial charge < -0.3 is 15.1 Å². The molecule has 1 aromatic heterocycles. The van der Waals surface area contributed by atoms with E-state index in [4.69, 9.17) is 0 Å². The predicted octanol–water partition coefficient (Wildman–Crippen LogP) is 3.45. The van der Waals surface area contributed by atoms with Crippen LogP contribution in [0.2, 0.25) is 0 Å². The van der Waals surface area contributed by atoms with E-state index in [0.29, 0.717) is 6.67 Å². The summed E-state index contributed by atoms with van der Waals surface area (Å²) in [5.41, 5.74) is 6.21. The Morgan fingerprint density at radius 1 is 1.07 bits per heavy atom. The Hall–Kier alpha value is -3.28. The van der Waals surface area contributed by atoms with Crippen LogP contribution >= 0.6 is 0 Å². The zero-order valence-electron chi connectivity index (χ0n) is 15.2. The summed E-state index contributed by atoms with van der Waals surface area (Å²) in [6.07, 6.45) is 4.98. The minimum Gasteiger partial charge on any atom is -0.366 e. The van der Waals surface area contributed by atoms with Crippen molar-refractivity contribution in [3.8, 4) is 11.1 Å². The molecular weight excluding hydrogens is 338 g/mol. The van der Waals surface area contributed by atoms with Gasteiger partial charge in [-0.25, -0.2) is 0 Å². The highest BCUT2D eigenvalue weighted by Gasteiger charge is 2.25. The number of amides is 1. The van der Waals surface area contributed by atoms with Gasteiger partial charge in [0.15, 0.2) is 0 Å². The van der Waals surface area contributed by atoms with Crippen molar-refractivity contribution in [3.63, 3.8) is 0 Å². The van der Waals surface area contributed by atoms with Crippen molar-refractivity contribution in [3.05, 3.63) is 60.4 Å². The average molecular weight is 359 g/mol. The van der Waals surface area contributed by atoms with Crippen LogP contribution in [0.15, 0.2) is 54.9 Å². The molecule has 136 valence electrons. The maximum absolute atomic E-state index is 12.6. The second-order valence-electron chi connectivity index (χ2n) is 7.09. The van der Waals surface area contributed by atoms with E-state index in [1.807, 2.05) is 42.5 Å². The van der Waals surface area contributed by atoms with Gasteiger partial charge in [0.2, 0.25) is 0 Å². The molecule has 1 N–H and O–H groups in total. The van der Waals surface area contributed by atoms with Gasteiger partial charge in [0.1, 0.15) is 0 Å². The molecule has 0 spiro atoms. The molecule has 2 aliphatic rings. The summed E-state index contributed by atoms with van der Waals surface area (Å²) in [5, 5.41) is 7.64. The molecular formula is C21H21N5O. The molecule has 0 aliphatic carbocycles. The van der Waals surface area contributed by atoms with Crippen LogP contribution in [0.25, 0.3) is 11.1 Å². The van der Waals surface area contributed by atoms with Gasteiger partial charge >= 0.3 is 0 Å². The molecule has 27 heavy (non-hydrogen) atoms. The third kappa shape index (κ3) is 2.73. The third-order valence-corrected chi connectivity index (χ3v) is 5.32. The smallest absolute Gasteiger partial charge is 0.253 e. The van der Waals surface area contributed by atoms with E-state index in [1.54, 1.807) is 4.68 Å². The SMILES string of the molecule is Cn1cc(-c2ccc(N3CNc4ccc(C(=O)N5CCC5)cc43)cc2)cn1. The summed E-state index contributed by atoms with van der Waals surface area (Å²) in [7, 11) is 1.92. The number of carbonyl (C=O) groups is 1. The molecule has 6 nitrogen and oxygen atoms in total. The number of hydrogen-bond donors (Lipinski definition) is 1. The van der Waals surface area contributed by atoms with Gasteiger partial charge in [-0.15, -0.1) is 0 Å². The van der Waals surface area contributed by atoms with E-state index >= 15 is 0 Å². The van der Waals surface area contributed by atoms with Gasteiger partial charge in [-0.1, -0.05) is 12.1 Å². The number of hydrogen-bond acceptors (Lipinski definition) is 4. The van der Waals surface area contributed by atoms with Gasteiger partial charge in [0, 0.05) is 43.1 Å². The van der Waals surface area contributed by atoms with Crippen LogP contribution in [-0.4, -0.2) is 40.3 Å². The Morgan fingerprint density at radius 3 is 2.56 bits per heavy atom. The number of likely N-dealkylation sites (tertiary alicyclic amines) is 1. The maximum atomic E-state index is 12.6. The molecule has 6 heteroatoms. The average Bonchev–Trinajstić information content (AvgIpc) is 3.26. The highest BCUT2D eigenvalue weighted by Crippen LogP contribution is 2.38. The summed E-state index contributed by atoms with van der Waals surface area (Å²) in [6.45, 7) is 2.43. The topological polar surface area (TPSA) is 53.4 Å². The fourth-order valence-corrected chi connectivity index (χ4v) is 3.62. The maximum Gasteiger partial charge on any atom is 0.253 e. The van der Waals surface area contributed by atoms with Gasteiger partial charge in [-0.05, 0) is 42.3 Å². The van der Waals surface area contributed by atoms with Crippen molar-refractivity contribution in [2.75, 3.05) is 30.0 Å². The number of aromatic nitrogens is 2. The highest BCUT2D eigenvalue weighted by atomic mass is 16.2. The number of nitrogens with zero attached hydrogens (tertiary/aromatic N) is 4. The molecule has 1 fully saturated rings. The van der Waals surface area contributed by atoms with E-state index < -0.39 is 0 Å². The van der Waals surface area contributed by atoms with Crippen LogP contribution in [0.3, 0.4) is 0 Å². The van der Waals surface area contributed by atoms with E-state index in [-0.39, 0.29) is 5.91 Å². The molecule has 0 atom stereocenters. The van der Waals surface area contributed by atoms with Crippen LogP contribution in [0.5, 0.6) is 0 Å². The predicted molar refractivity (Wildman–Crippen MR) is 106 cm³/mol. The fraction of sp³-hybridized carbons (Fsp3) is 0.238. The van der Waals surface area contributed by atoms with E-state index in [2.05, 4.69) is 39.6 Å². The lowest BCUT2D eigenvalue weighted by Gasteiger charge is -2.31. The number of anilines is 3. The molecule has 0 unspecified atom stereocenters. The molecule has 2 aromatic carbocycles. The molecule has 3 heterocycles. The van der Waals surface area contributed by atoms with Crippen molar-refractivity contribution in [1.29, 1.82) is 0 Å². The first-order valence-electron chi connectivity index (χ1n) is 9.23. The monoisotopic (exact) mass is 359 g/mol. The first-order valence-corrected chi connectivity index (χ1v) is 9.23. The van der Waals surface area contributed by atoms with E-state index in [9.17, 15) is 4.79 Å². The summed E-state index contributed by atoms with van der Waals surface area (Å²) in [6, 6.07) is 14.4. The number of rotatable bonds is 3. The molecule has 0 saturated carbocycles. The number of fused-ring (bicyclic) bond motifs is 1. The number of carbonyl (C=O) groups excluding carboxylic acids is 1. The summed E-state index contributed by atoms with van der Waals surface area (Å²) in [5.74, 6) is 0.128. The van der Waals surface area contributed by atoms with Crippen LogP contribution in [0.4, 0.5) is 17.1 Å². The normalized spacial score (nSPS) is 15.3. The molecule has 0 radical (unpaired) electrons. The largest absolute Gasteiger partial charge is 0.366 e. The lowest BCUT2D eigenvalue weighted by Crippen LogP contribution is -2.42. The van der Waals surface area contributed by atoms with Gasteiger partial charge in [-0.3, -0.25) is 9.48 Å². The Bertz CT molecular complexity index is 1000. The van der Waals surface area contributed by atoms with Crippen LogP contribution < -0.4 is 10.2 Å². The zero-order valence-corrected chi connectivity index (χ0v) is 15.2. The lowest BCUT2D eigenvalue weighted by atomic mass is 10.1. The second-order valence-corrected chi connectivity index (χ2v) is 7.09. The molecule has 5 rings (SSSR count). The Morgan fingerprint density at radius 2 is 1.89 bits per heavy atom. The Balaban J connectivity index is 1.43. The van der Waals surface area contributed by atoms with Gasteiger partial charge in [0.05, 0.1) is 24.2 Å². The molecule has 1 saturated heterocycles. The first-order chi connectivity index (χ1) is 13.2. The number of benzene rings is 2. The molecule has 0 bridgehead atoms. The number of nitrogens with one attached hydrogen (secondary N) is 1. The van der Waals surface area contributed by atoms with Crippen molar-refractivity contribution in [1.82, 2.24) is 14.7 Å². The standard InChI is InChI=1S/C21H21N5O/c1-24-13-17(12-23-24)15-3-6-18(7-4-15)26-14-22-19-8-5-16(11-20(19)26)21(27)25-9-2-10-25/h3-8,11-13,22H,2,9-10,14H2,1H3. The van der Waals surface area contributed by atoms with Crippen molar-refractivity contribution in [2.24, 2.45) is 7.05 Å². The molecule has 2 aliphatic heterocycles.